The Balaban J connectivity index is 0.000000215. The largest absolute Gasteiger partial charge is 0.493 e. The Morgan fingerprint density at radius 1 is 0.400 bits per heavy atom. The third-order valence-electron chi connectivity index (χ3n) is 17.7. The van der Waals surface area contributed by atoms with Crippen molar-refractivity contribution in [3.8, 4) is 34.5 Å². The summed E-state index contributed by atoms with van der Waals surface area (Å²) in [6, 6.07) is 27.2. The molecule has 14 nitrogen and oxygen atoms in total. The molecule has 5 aromatic carbocycles. The van der Waals surface area contributed by atoms with Crippen LogP contribution in [0.4, 0.5) is 17.6 Å². The zero-order valence-corrected chi connectivity index (χ0v) is 60.5. The number of hydrogen-bond donors (Lipinski definition) is 0. The quantitative estimate of drug-likeness (QED) is 0.0492. The van der Waals surface area contributed by atoms with Crippen molar-refractivity contribution >= 4 is 0 Å². The first kappa shape index (κ1) is 80.0. The summed E-state index contributed by atoms with van der Waals surface area (Å²) >= 11 is 0. The van der Waals surface area contributed by atoms with Crippen molar-refractivity contribution in [2.45, 2.75) is 132 Å². The number of piperidine rings is 1. The number of nitrogens with zero attached hydrogens (tertiary/aromatic N) is 6. The van der Waals surface area contributed by atoms with Crippen LogP contribution < -0.4 is 28.4 Å². The standard InChI is InChI=1S/C16H25FN2O.C16H25NO3.C15H22FNO2.C15H22FNO.C15H24FNO/c1-13(2)14-4-5-16(15(17)12-14)20-11-10-19-8-6-18(3)7-9-19;1-13(2)14-4-5-15(16(12-14)18-3)20-11-8-17-6-9-19-10-7-17;1-12(2)13-3-4-15(14(16)11-13)19-10-7-17-5-8-18-9-6-17;1-11(2)12-4-5-15(14(16)10-12)18-13-6-8-17(3)9-7-13;1-5-17(6-2)9-10-18-15-8-7-13(12(3)4)11-14(15)16/h2*4-5,12-13H,6-11H2,1-3H3;3-4,11-12H,5-10H2,1-2H3;4-5,10-11,13H,6-9H2,1-3H3;7-8,11-12H,5-6,9-10H2,1-4H3. The summed E-state index contributed by atoms with van der Waals surface area (Å²) in [6.45, 7) is 46.1. The SMILES string of the molecule is CC(C)c1ccc(OC2CCN(C)CC2)c(F)c1.CC(C)c1ccc(OCCN2CCN(C)CC2)c(F)c1.CC(C)c1ccc(OCCN2CCOCC2)c(F)c1.CCN(CC)CCOc1ccc(C(C)C)cc1F.COc1cc(C(C)C)ccc1OCCN1CCOCC1. The molecule has 0 radical (unpaired) electrons. The molecular formula is C77H118F4N6O8. The van der Waals surface area contributed by atoms with Crippen molar-refractivity contribution in [3.05, 3.63) is 142 Å². The first-order valence-corrected chi connectivity index (χ1v) is 35.0. The van der Waals surface area contributed by atoms with Crippen molar-refractivity contribution in [2.24, 2.45) is 0 Å². The number of likely N-dealkylation sites (tertiary alicyclic amines) is 1. The summed E-state index contributed by atoms with van der Waals surface area (Å²) in [6.07, 6.45) is 2.10. The Bertz CT molecular complexity index is 2910. The van der Waals surface area contributed by atoms with E-state index in [1.807, 2.05) is 44.2 Å². The van der Waals surface area contributed by atoms with E-state index in [2.05, 4.69) is 125 Å². The molecule has 0 amide bonds. The van der Waals surface area contributed by atoms with E-state index in [1.165, 1.54) is 5.56 Å². The maximum atomic E-state index is 13.9. The molecule has 4 heterocycles. The number of rotatable bonds is 26. The molecule has 0 saturated carbocycles. The number of methoxy groups -OCH3 is 1. The fourth-order valence-electron chi connectivity index (χ4n) is 10.8. The molecule has 4 aliphatic heterocycles. The summed E-state index contributed by atoms with van der Waals surface area (Å²) in [4.78, 5) is 13.8. The number of hydrogen-bond acceptors (Lipinski definition) is 14. The first-order valence-electron chi connectivity index (χ1n) is 35.0. The van der Waals surface area contributed by atoms with Gasteiger partial charge in [0.2, 0.25) is 0 Å². The van der Waals surface area contributed by atoms with Gasteiger partial charge in [0.15, 0.2) is 57.8 Å². The Labute approximate surface area is 569 Å². The van der Waals surface area contributed by atoms with Crippen molar-refractivity contribution in [1.29, 1.82) is 0 Å². The fraction of sp³-hybridized carbons (Fsp3) is 0.610. The number of morpholine rings is 2. The van der Waals surface area contributed by atoms with Gasteiger partial charge in [-0.25, -0.2) is 17.6 Å². The summed E-state index contributed by atoms with van der Waals surface area (Å²) in [5.74, 6) is 3.92. The molecule has 0 N–H and O–H groups in total. The minimum Gasteiger partial charge on any atom is -0.493 e. The zero-order chi connectivity index (χ0) is 69.2. The van der Waals surface area contributed by atoms with Gasteiger partial charge in [0.05, 0.1) is 33.5 Å². The van der Waals surface area contributed by atoms with E-state index in [0.717, 1.165) is 178 Å². The molecular weight excluding hydrogens is 1210 g/mol. The highest BCUT2D eigenvalue weighted by atomic mass is 19.1. The van der Waals surface area contributed by atoms with Gasteiger partial charge in [0.25, 0.3) is 0 Å². The third-order valence-corrected chi connectivity index (χ3v) is 17.7. The van der Waals surface area contributed by atoms with Crippen molar-refractivity contribution in [2.75, 3.05) is 179 Å². The normalized spacial score (nSPS) is 16.1. The summed E-state index contributed by atoms with van der Waals surface area (Å²) in [5, 5.41) is 0. The third kappa shape index (κ3) is 29.5. The van der Waals surface area contributed by atoms with Gasteiger partial charge < -0.3 is 52.6 Å². The van der Waals surface area contributed by atoms with Crippen molar-refractivity contribution in [3.63, 3.8) is 0 Å². The fourth-order valence-corrected chi connectivity index (χ4v) is 10.8. The second-order valence-electron chi connectivity index (χ2n) is 26.5. The number of benzene rings is 5. The minimum absolute atomic E-state index is 0.153. The summed E-state index contributed by atoms with van der Waals surface area (Å²) in [5.41, 5.74) is 5.29. The van der Waals surface area contributed by atoms with E-state index in [9.17, 15) is 17.6 Å². The summed E-state index contributed by atoms with van der Waals surface area (Å²) in [7, 11) is 5.93. The first-order chi connectivity index (χ1) is 45.6. The number of likely N-dealkylation sites (N-methyl/N-ethyl adjacent to an activating group) is 2. The summed E-state index contributed by atoms with van der Waals surface area (Å²) < 4.78 is 99.6. The van der Waals surface area contributed by atoms with Crippen molar-refractivity contribution < 1.29 is 55.5 Å². The lowest BCUT2D eigenvalue weighted by molar-refractivity contribution is 0.0320. The van der Waals surface area contributed by atoms with Crippen LogP contribution in [0.2, 0.25) is 0 Å². The smallest absolute Gasteiger partial charge is 0.165 e. The van der Waals surface area contributed by atoms with Crippen molar-refractivity contribution in [1.82, 2.24) is 29.4 Å². The van der Waals surface area contributed by atoms with Crippen LogP contribution in [-0.2, 0) is 9.47 Å². The molecule has 5 aromatic rings. The van der Waals surface area contributed by atoms with Gasteiger partial charge in [0, 0.05) is 91.6 Å². The highest BCUT2D eigenvalue weighted by Gasteiger charge is 2.21. The van der Waals surface area contributed by atoms with E-state index in [1.54, 1.807) is 55.6 Å². The van der Waals surface area contributed by atoms with Gasteiger partial charge in [-0.3, -0.25) is 14.7 Å². The molecule has 0 aromatic heterocycles. The maximum absolute atomic E-state index is 13.9. The highest BCUT2D eigenvalue weighted by molar-refractivity contribution is 5.44. The molecule has 4 aliphatic rings. The molecule has 0 atom stereocenters. The van der Waals surface area contributed by atoms with E-state index in [0.29, 0.717) is 79.0 Å². The van der Waals surface area contributed by atoms with Crippen LogP contribution in [0.15, 0.2) is 91.0 Å². The average molecular weight is 1330 g/mol. The van der Waals surface area contributed by atoms with Crippen LogP contribution in [-0.4, -0.2) is 214 Å². The molecule has 0 aliphatic carbocycles. The molecule has 95 heavy (non-hydrogen) atoms. The van der Waals surface area contributed by atoms with Gasteiger partial charge in [0.1, 0.15) is 32.5 Å². The Morgan fingerprint density at radius 3 is 1.06 bits per heavy atom. The van der Waals surface area contributed by atoms with E-state index >= 15 is 0 Å². The van der Waals surface area contributed by atoms with Gasteiger partial charge in [-0.05, 0) is 158 Å². The number of halogens is 4. The molecule has 532 valence electrons. The molecule has 4 fully saturated rings. The lowest BCUT2D eigenvalue weighted by Gasteiger charge is -2.32. The topological polar surface area (TPSA) is 93.3 Å². The van der Waals surface area contributed by atoms with Crippen LogP contribution in [0.5, 0.6) is 34.5 Å². The minimum atomic E-state index is -0.270. The van der Waals surface area contributed by atoms with Crippen LogP contribution in [0.25, 0.3) is 0 Å². The molecule has 0 bridgehead atoms. The highest BCUT2D eigenvalue weighted by Crippen LogP contribution is 2.32. The zero-order valence-electron chi connectivity index (χ0n) is 60.5. The molecule has 4 saturated heterocycles. The van der Waals surface area contributed by atoms with Gasteiger partial charge >= 0.3 is 0 Å². The Morgan fingerprint density at radius 2 is 0.716 bits per heavy atom. The molecule has 0 spiro atoms. The molecule has 0 unspecified atom stereocenters. The maximum Gasteiger partial charge on any atom is 0.165 e. The second kappa shape index (κ2) is 43.6. The number of piperazine rings is 1. The molecule has 18 heteroatoms. The van der Waals surface area contributed by atoms with E-state index in [4.69, 9.17) is 37.9 Å². The van der Waals surface area contributed by atoms with Gasteiger partial charge in [-0.15, -0.1) is 0 Å². The lowest BCUT2D eigenvalue weighted by Crippen LogP contribution is -2.45. The predicted molar refractivity (Wildman–Crippen MR) is 378 cm³/mol. The van der Waals surface area contributed by atoms with Crippen LogP contribution in [0.1, 0.15) is 153 Å². The van der Waals surface area contributed by atoms with Crippen LogP contribution in [0.3, 0.4) is 0 Å². The second-order valence-corrected chi connectivity index (χ2v) is 26.5. The monoisotopic (exact) mass is 1330 g/mol. The van der Waals surface area contributed by atoms with E-state index < -0.39 is 0 Å². The average Bonchev–Trinajstić information content (AvgIpc) is 1.09. The Kier molecular flexibility index (Phi) is 36.7. The number of ether oxygens (including phenoxy) is 8. The van der Waals surface area contributed by atoms with Gasteiger partial charge in [-0.2, -0.15) is 0 Å². The Hall–Kier alpha value is -5.70. The van der Waals surface area contributed by atoms with Crippen LogP contribution in [0, 0.1) is 23.3 Å². The van der Waals surface area contributed by atoms with E-state index in [-0.39, 0.29) is 29.4 Å². The van der Waals surface area contributed by atoms with Crippen LogP contribution >= 0.6 is 0 Å². The molecule has 9 rings (SSSR count). The predicted octanol–water partition coefficient (Wildman–Crippen LogP) is 14.9. The lowest BCUT2D eigenvalue weighted by atomic mass is 10.0. The van der Waals surface area contributed by atoms with Gasteiger partial charge in [-0.1, -0.05) is 113 Å².